The first-order chi connectivity index (χ1) is 18.8. The highest BCUT2D eigenvalue weighted by Crippen LogP contribution is 2.32. The van der Waals surface area contributed by atoms with Gasteiger partial charge in [0, 0.05) is 23.3 Å². The molecule has 0 aliphatic heterocycles. The van der Waals surface area contributed by atoms with Gasteiger partial charge in [-0.1, -0.05) is 97.1 Å². The molecule has 1 aromatic heterocycles. The number of hydrogen-bond acceptors (Lipinski definition) is 2. The van der Waals surface area contributed by atoms with Crippen molar-refractivity contribution >= 4 is 23.1 Å². The number of benzene rings is 4. The van der Waals surface area contributed by atoms with Crippen LogP contribution < -0.4 is 9.47 Å². The molecule has 5 rings (SSSR count). The molecule has 1 N–H and O–H groups in total. The Morgan fingerprint density at radius 3 is 2.16 bits per heavy atom. The number of fused-ring (bicyclic) bond motifs is 1. The first-order valence-corrected chi connectivity index (χ1v) is 13.1. The zero-order valence-electron chi connectivity index (χ0n) is 21.7. The first-order valence-electron chi connectivity index (χ1n) is 13.1. The SMILES string of the molecule is COc1cc(OC(c2ccccc2)c2ccccc2)ccc1/C=C/CCC/C=C/c1ccc2cc[nH]c2c1. The maximum Gasteiger partial charge on any atom is 0.149 e. The quantitative estimate of drug-likeness (QED) is 0.184. The van der Waals surface area contributed by atoms with Crippen molar-refractivity contribution in [1.82, 2.24) is 4.98 Å². The number of nitrogens with one attached hydrogen (secondary N) is 1. The topological polar surface area (TPSA) is 34.2 Å². The van der Waals surface area contributed by atoms with Crippen LogP contribution in [0.25, 0.3) is 23.1 Å². The number of methoxy groups -OCH3 is 1. The second kappa shape index (κ2) is 12.6. The van der Waals surface area contributed by atoms with Crippen molar-refractivity contribution < 1.29 is 9.47 Å². The monoisotopic (exact) mass is 499 g/mol. The van der Waals surface area contributed by atoms with Crippen LogP contribution in [0, 0.1) is 0 Å². The number of allylic oxidation sites excluding steroid dienone is 2. The summed E-state index contributed by atoms with van der Waals surface area (Å²) >= 11 is 0. The van der Waals surface area contributed by atoms with E-state index >= 15 is 0 Å². The molecule has 0 spiro atoms. The lowest BCUT2D eigenvalue weighted by molar-refractivity contribution is 0.246. The summed E-state index contributed by atoms with van der Waals surface area (Å²) in [6.45, 7) is 0. The Hall–Kier alpha value is -4.50. The van der Waals surface area contributed by atoms with Gasteiger partial charge in [-0.2, -0.15) is 0 Å². The van der Waals surface area contributed by atoms with Gasteiger partial charge in [-0.3, -0.25) is 0 Å². The van der Waals surface area contributed by atoms with E-state index in [1.807, 2.05) is 54.7 Å². The van der Waals surface area contributed by atoms with Gasteiger partial charge in [-0.25, -0.2) is 0 Å². The van der Waals surface area contributed by atoms with Crippen LogP contribution in [0.4, 0.5) is 0 Å². The lowest BCUT2D eigenvalue weighted by Crippen LogP contribution is -2.09. The first kappa shape index (κ1) is 25.2. The molecule has 0 bridgehead atoms. The molecule has 190 valence electrons. The summed E-state index contributed by atoms with van der Waals surface area (Å²) in [7, 11) is 1.71. The van der Waals surface area contributed by atoms with E-state index < -0.39 is 0 Å². The summed E-state index contributed by atoms with van der Waals surface area (Å²) in [5.41, 5.74) is 5.67. The molecule has 38 heavy (non-hydrogen) atoms. The van der Waals surface area contributed by atoms with Gasteiger partial charge in [-0.05, 0) is 65.6 Å². The second-order valence-electron chi connectivity index (χ2n) is 9.28. The van der Waals surface area contributed by atoms with E-state index in [9.17, 15) is 0 Å². The maximum atomic E-state index is 6.50. The number of unbranched alkanes of at least 4 members (excludes halogenated alkanes) is 2. The van der Waals surface area contributed by atoms with E-state index in [2.05, 4.69) is 83.9 Å². The molecule has 3 heteroatoms. The van der Waals surface area contributed by atoms with Crippen molar-refractivity contribution in [2.24, 2.45) is 0 Å². The fourth-order valence-electron chi connectivity index (χ4n) is 4.58. The normalized spacial score (nSPS) is 11.6. The Balaban J connectivity index is 1.18. The Bertz CT molecular complexity index is 1460. The zero-order valence-corrected chi connectivity index (χ0v) is 21.7. The summed E-state index contributed by atoms with van der Waals surface area (Å²) in [4.78, 5) is 3.27. The predicted molar refractivity (Wildman–Crippen MR) is 159 cm³/mol. The molecule has 0 radical (unpaired) electrons. The van der Waals surface area contributed by atoms with Crippen LogP contribution in [0.15, 0.2) is 121 Å². The number of H-pyrrole nitrogens is 1. The molecule has 0 fully saturated rings. The van der Waals surface area contributed by atoms with Gasteiger partial charge in [-0.15, -0.1) is 0 Å². The molecule has 5 aromatic rings. The van der Waals surface area contributed by atoms with Crippen molar-refractivity contribution in [3.8, 4) is 11.5 Å². The maximum absolute atomic E-state index is 6.50. The van der Waals surface area contributed by atoms with Crippen LogP contribution in [0.3, 0.4) is 0 Å². The van der Waals surface area contributed by atoms with E-state index in [4.69, 9.17) is 9.47 Å². The van der Waals surface area contributed by atoms with Crippen molar-refractivity contribution in [3.63, 3.8) is 0 Å². The van der Waals surface area contributed by atoms with Crippen LogP contribution in [-0.4, -0.2) is 12.1 Å². The van der Waals surface area contributed by atoms with Crippen molar-refractivity contribution in [1.29, 1.82) is 0 Å². The van der Waals surface area contributed by atoms with Crippen LogP contribution in [0.5, 0.6) is 11.5 Å². The van der Waals surface area contributed by atoms with Crippen LogP contribution in [0.1, 0.15) is 47.6 Å². The summed E-state index contributed by atoms with van der Waals surface area (Å²) in [5.74, 6) is 1.58. The van der Waals surface area contributed by atoms with E-state index in [0.717, 1.165) is 47.5 Å². The lowest BCUT2D eigenvalue weighted by atomic mass is 10.0. The van der Waals surface area contributed by atoms with Crippen molar-refractivity contribution in [3.05, 3.63) is 144 Å². The van der Waals surface area contributed by atoms with Gasteiger partial charge in [0.1, 0.15) is 17.6 Å². The number of hydrogen-bond donors (Lipinski definition) is 1. The Morgan fingerprint density at radius 1 is 0.737 bits per heavy atom. The minimum absolute atomic E-state index is 0.193. The Labute approximate surface area is 225 Å². The third kappa shape index (κ3) is 6.43. The highest BCUT2D eigenvalue weighted by atomic mass is 16.5. The molecule has 0 unspecified atom stereocenters. The molecule has 0 aliphatic carbocycles. The molecular weight excluding hydrogens is 466 g/mol. The van der Waals surface area contributed by atoms with Crippen molar-refractivity contribution in [2.75, 3.05) is 7.11 Å². The fourth-order valence-corrected chi connectivity index (χ4v) is 4.58. The third-order valence-electron chi connectivity index (χ3n) is 6.59. The van der Waals surface area contributed by atoms with Gasteiger partial charge < -0.3 is 14.5 Å². The average molecular weight is 500 g/mol. The third-order valence-corrected chi connectivity index (χ3v) is 6.59. The van der Waals surface area contributed by atoms with Crippen molar-refractivity contribution in [2.45, 2.75) is 25.4 Å². The molecule has 0 amide bonds. The van der Waals surface area contributed by atoms with E-state index in [1.165, 1.54) is 16.5 Å². The zero-order chi connectivity index (χ0) is 26.0. The number of ether oxygens (including phenoxy) is 2. The van der Waals surface area contributed by atoms with E-state index in [-0.39, 0.29) is 6.10 Å². The van der Waals surface area contributed by atoms with Gasteiger partial charge in [0.2, 0.25) is 0 Å². The lowest BCUT2D eigenvalue weighted by Gasteiger charge is -2.21. The van der Waals surface area contributed by atoms with Gasteiger partial charge in [0.25, 0.3) is 0 Å². The minimum atomic E-state index is -0.193. The van der Waals surface area contributed by atoms with Gasteiger partial charge in [0.15, 0.2) is 0 Å². The van der Waals surface area contributed by atoms with Gasteiger partial charge in [0.05, 0.1) is 7.11 Å². The van der Waals surface area contributed by atoms with Crippen LogP contribution in [0.2, 0.25) is 0 Å². The summed E-state index contributed by atoms with van der Waals surface area (Å²) < 4.78 is 12.2. The standard InChI is InChI=1S/C35H33NO2/c1-37-34-26-32(38-35(30-15-9-5-10-16-30)31-17-11-6-12-18-31)22-21-29(34)14-8-4-2-3-7-13-27-19-20-28-23-24-36-33(28)25-27/h5-26,35-36H,2-4H2,1H3/b13-7+,14-8+. The average Bonchev–Trinajstić information content (AvgIpc) is 3.45. The van der Waals surface area contributed by atoms with Gasteiger partial charge >= 0.3 is 0 Å². The Kier molecular flexibility index (Phi) is 8.37. The van der Waals surface area contributed by atoms with Crippen LogP contribution in [-0.2, 0) is 0 Å². The number of aromatic amines is 1. The molecule has 1 heterocycles. The largest absolute Gasteiger partial charge is 0.496 e. The number of aromatic nitrogens is 1. The molecular formula is C35H33NO2. The highest BCUT2D eigenvalue weighted by molar-refractivity contribution is 5.81. The molecule has 0 aliphatic rings. The molecule has 0 atom stereocenters. The highest BCUT2D eigenvalue weighted by Gasteiger charge is 2.16. The summed E-state index contributed by atoms with van der Waals surface area (Å²) in [6, 6.07) is 35.3. The molecule has 0 saturated carbocycles. The smallest absolute Gasteiger partial charge is 0.149 e. The number of rotatable bonds is 11. The molecule has 0 saturated heterocycles. The predicted octanol–water partition coefficient (Wildman–Crippen LogP) is 9.24. The molecule has 3 nitrogen and oxygen atoms in total. The summed E-state index contributed by atoms with van der Waals surface area (Å²) in [5, 5.41) is 1.24. The minimum Gasteiger partial charge on any atom is -0.496 e. The van der Waals surface area contributed by atoms with E-state index in [0.29, 0.717) is 0 Å². The van der Waals surface area contributed by atoms with E-state index in [1.54, 1.807) is 7.11 Å². The van der Waals surface area contributed by atoms with Crippen LogP contribution >= 0.6 is 0 Å². The summed E-state index contributed by atoms with van der Waals surface area (Å²) in [6.07, 6.45) is 13.7. The fraction of sp³-hybridized carbons (Fsp3) is 0.143. The second-order valence-corrected chi connectivity index (χ2v) is 9.28. The Morgan fingerprint density at radius 2 is 1.45 bits per heavy atom. The molecule has 4 aromatic carbocycles.